The fourth-order valence-corrected chi connectivity index (χ4v) is 1.95. The van der Waals surface area contributed by atoms with Crippen molar-refractivity contribution in [3.8, 4) is 5.75 Å². The molecule has 0 spiro atoms. The molecule has 16 heavy (non-hydrogen) atoms. The minimum atomic E-state index is -5.33. The van der Waals surface area contributed by atoms with E-state index in [9.17, 15) is 8.53 Å². The van der Waals surface area contributed by atoms with Crippen LogP contribution in [0.1, 0.15) is 10.4 Å². The molecule has 0 heterocycles. The predicted molar refractivity (Wildman–Crippen MR) is 53.8 cm³/mol. The molecule has 88 valence electrons. The van der Waals surface area contributed by atoms with Gasteiger partial charge in [-0.05, 0) is 0 Å². The average molecular weight is 291 g/mol. The molecule has 0 amide bonds. The van der Waals surface area contributed by atoms with E-state index in [1.807, 2.05) is 0 Å². The first kappa shape index (κ1) is 12.8. The van der Waals surface area contributed by atoms with E-state index in [-0.39, 0.29) is 17.0 Å². The Morgan fingerprint density at radius 1 is 1.44 bits per heavy atom. The molecule has 0 aliphatic rings. The van der Waals surface area contributed by atoms with E-state index in [2.05, 4.69) is 3.73 Å². The van der Waals surface area contributed by atoms with Gasteiger partial charge in [0, 0.05) is 0 Å². The number of carbonyl (C=O) groups is 1. The van der Waals surface area contributed by atoms with Gasteiger partial charge in [0.1, 0.15) is 0 Å². The second-order valence-corrected chi connectivity index (χ2v) is 5.32. The Morgan fingerprint density at radius 3 is 2.56 bits per heavy atom. The number of ketones is 1. The zero-order valence-electron chi connectivity index (χ0n) is 8.03. The van der Waals surface area contributed by atoms with Gasteiger partial charge >= 0.3 is 93.4 Å². The van der Waals surface area contributed by atoms with Crippen LogP contribution in [0.2, 0.25) is 0 Å². The summed E-state index contributed by atoms with van der Waals surface area (Å²) in [6.07, 6.45) is 0. The SMILES string of the molecule is Nc1c(O[As](=O)(O)O)cccc1C(=O)CO. The first-order chi connectivity index (χ1) is 7.35. The van der Waals surface area contributed by atoms with Crippen LogP contribution < -0.4 is 9.46 Å². The van der Waals surface area contributed by atoms with Crippen molar-refractivity contribution in [2.75, 3.05) is 12.3 Å². The Morgan fingerprint density at radius 2 is 2.06 bits per heavy atom. The molecule has 1 rings (SSSR count). The quantitative estimate of drug-likeness (QED) is 0.307. The van der Waals surface area contributed by atoms with Gasteiger partial charge in [-0.25, -0.2) is 0 Å². The number of rotatable bonds is 4. The van der Waals surface area contributed by atoms with Crippen molar-refractivity contribution in [1.82, 2.24) is 0 Å². The molecule has 0 atom stereocenters. The normalized spacial score (nSPS) is 11.2. The zero-order valence-corrected chi connectivity index (χ0v) is 9.91. The van der Waals surface area contributed by atoms with Gasteiger partial charge in [-0.15, -0.1) is 0 Å². The molecule has 7 nitrogen and oxygen atoms in total. The van der Waals surface area contributed by atoms with Crippen LogP contribution in [0.3, 0.4) is 0 Å². The molecule has 0 saturated carbocycles. The fraction of sp³-hybridized carbons (Fsp3) is 0.125. The molecular formula is C8H10AsNO6. The van der Waals surface area contributed by atoms with Crippen LogP contribution in [0.15, 0.2) is 18.2 Å². The maximum atomic E-state index is 11.2. The Hall–Kier alpha value is -1.27. The summed E-state index contributed by atoms with van der Waals surface area (Å²) in [6.45, 7) is -0.742. The van der Waals surface area contributed by atoms with Crippen LogP contribution in [-0.2, 0) is 3.74 Å². The predicted octanol–water partition coefficient (Wildman–Crippen LogP) is -1.33. The number of hydrogen-bond donors (Lipinski definition) is 4. The summed E-state index contributed by atoms with van der Waals surface area (Å²) in [6, 6.07) is 3.90. The summed E-state index contributed by atoms with van der Waals surface area (Å²) in [5.41, 5.74) is 5.24. The van der Waals surface area contributed by atoms with Gasteiger partial charge in [-0.1, -0.05) is 0 Å². The molecule has 0 radical (unpaired) electrons. The van der Waals surface area contributed by atoms with Crippen LogP contribution in [-0.4, -0.2) is 40.2 Å². The first-order valence-electron chi connectivity index (χ1n) is 4.13. The van der Waals surface area contributed by atoms with Crippen molar-refractivity contribution in [3.05, 3.63) is 23.8 Å². The van der Waals surface area contributed by atoms with Crippen molar-refractivity contribution in [1.29, 1.82) is 0 Å². The summed E-state index contributed by atoms with van der Waals surface area (Å²) in [4.78, 5) is 11.2. The van der Waals surface area contributed by atoms with Crippen LogP contribution in [0, 0.1) is 0 Å². The molecule has 1 aromatic rings. The molecule has 0 fully saturated rings. The summed E-state index contributed by atoms with van der Waals surface area (Å²) in [5, 5.41) is 8.64. The van der Waals surface area contributed by atoms with Crippen LogP contribution >= 0.6 is 0 Å². The van der Waals surface area contributed by atoms with Gasteiger partial charge in [-0.2, -0.15) is 0 Å². The molecule has 1 aromatic carbocycles. The topological polar surface area (TPSA) is 130 Å². The van der Waals surface area contributed by atoms with Crippen molar-refractivity contribution >= 4 is 26.0 Å². The summed E-state index contributed by atoms with van der Waals surface area (Å²) < 4.78 is 32.3. The number of Topliss-reactive ketones (excluding diaryl/α,β-unsaturated/α-hetero) is 1. The van der Waals surface area contributed by atoms with Crippen LogP contribution in [0.4, 0.5) is 5.69 Å². The average Bonchev–Trinajstić information content (AvgIpc) is 2.18. The van der Waals surface area contributed by atoms with Crippen molar-refractivity contribution in [2.45, 2.75) is 0 Å². The third kappa shape index (κ3) is 3.11. The standard InChI is InChI=1S/C8H10AsNO6/c10-8-5(6(12)4-11)2-1-3-7(8)16-9(13,14)15/h1-3,11H,4,10H2,(H2,13,14,15). The molecule has 0 aliphatic carbocycles. The van der Waals surface area contributed by atoms with E-state index in [0.29, 0.717) is 0 Å². The minimum absolute atomic E-state index is 0.0380. The molecule has 8 heteroatoms. The van der Waals surface area contributed by atoms with Crippen LogP contribution in [0.25, 0.3) is 0 Å². The Balaban J connectivity index is 3.14. The van der Waals surface area contributed by atoms with Gasteiger partial charge in [0.25, 0.3) is 0 Å². The molecular weight excluding hydrogens is 281 g/mol. The number of benzene rings is 1. The van der Waals surface area contributed by atoms with E-state index in [4.69, 9.17) is 19.0 Å². The number of nitrogen functional groups attached to an aromatic ring is 1. The van der Waals surface area contributed by atoms with Gasteiger partial charge in [0.15, 0.2) is 0 Å². The van der Waals surface area contributed by atoms with E-state index in [1.165, 1.54) is 18.2 Å². The van der Waals surface area contributed by atoms with E-state index in [0.717, 1.165) is 0 Å². The van der Waals surface area contributed by atoms with Crippen molar-refractivity contribution in [3.63, 3.8) is 0 Å². The third-order valence-electron chi connectivity index (χ3n) is 1.73. The second-order valence-electron chi connectivity index (χ2n) is 2.88. The first-order valence-corrected chi connectivity index (χ1v) is 7.34. The van der Waals surface area contributed by atoms with Crippen molar-refractivity contribution < 1.29 is 25.6 Å². The van der Waals surface area contributed by atoms with Gasteiger partial charge in [0.05, 0.1) is 0 Å². The monoisotopic (exact) mass is 291 g/mol. The molecule has 0 aromatic heterocycles. The van der Waals surface area contributed by atoms with Gasteiger partial charge in [0.2, 0.25) is 0 Å². The Labute approximate surface area is 93.8 Å². The molecule has 0 bridgehead atoms. The number of carbonyl (C=O) groups excluding carboxylic acids is 1. The number of aliphatic hydroxyl groups excluding tert-OH is 1. The molecule has 0 aliphatic heterocycles. The number of para-hydroxylation sites is 1. The number of anilines is 1. The molecule has 5 N–H and O–H groups in total. The third-order valence-corrected chi connectivity index (χ3v) is 2.64. The fourth-order valence-electron chi connectivity index (χ4n) is 1.08. The zero-order chi connectivity index (χ0) is 12.3. The Bertz CT molecular complexity index is 454. The molecule has 0 unspecified atom stereocenters. The number of hydrogen-bond acceptors (Lipinski definition) is 5. The Kier molecular flexibility index (Phi) is 3.77. The van der Waals surface area contributed by atoms with Crippen molar-refractivity contribution in [2.24, 2.45) is 0 Å². The summed E-state index contributed by atoms with van der Waals surface area (Å²) in [5.74, 6) is -0.923. The second kappa shape index (κ2) is 4.71. The summed E-state index contributed by atoms with van der Waals surface area (Å²) in [7, 11) is 0. The van der Waals surface area contributed by atoms with E-state index < -0.39 is 26.9 Å². The summed E-state index contributed by atoms with van der Waals surface area (Å²) >= 11 is -5.33. The van der Waals surface area contributed by atoms with Crippen LogP contribution in [0.5, 0.6) is 5.75 Å². The number of nitrogens with two attached hydrogens (primary N) is 1. The number of aliphatic hydroxyl groups is 1. The molecule has 0 saturated heterocycles. The van der Waals surface area contributed by atoms with E-state index >= 15 is 0 Å². The van der Waals surface area contributed by atoms with Gasteiger partial charge < -0.3 is 0 Å². The maximum absolute atomic E-state index is 11.2. The van der Waals surface area contributed by atoms with Gasteiger partial charge in [-0.3, -0.25) is 0 Å². The van der Waals surface area contributed by atoms with E-state index in [1.54, 1.807) is 0 Å².